The van der Waals surface area contributed by atoms with E-state index in [0.717, 1.165) is 44.1 Å². The Bertz CT molecular complexity index is 1100. The molecule has 6 rings (SSSR count). The van der Waals surface area contributed by atoms with Crippen LogP contribution in [0.2, 0.25) is 0 Å². The van der Waals surface area contributed by atoms with Crippen LogP contribution >= 0.6 is 0 Å². The highest BCUT2D eigenvalue weighted by atomic mass is 32.2. The molecule has 1 saturated carbocycles. The van der Waals surface area contributed by atoms with Gasteiger partial charge in [-0.25, -0.2) is 18.4 Å². The minimum Gasteiger partial charge on any atom is -0.349 e. The van der Waals surface area contributed by atoms with Crippen LogP contribution in [0.25, 0.3) is 11.4 Å². The van der Waals surface area contributed by atoms with Crippen LogP contribution in [0.1, 0.15) is 44.1 Å². The minimum absolute atomic E-state index is 0.0231. The number of sulfonamides is 1. The third kappa shape index (κ3) is 3.17. The van der Waals surface area contributed by atoms with Crippen LogP contribution in [0.4, 0.5) is 5.82 Å². The van der Waals surface area contributed by atoms with Crippen LogP contribution < -0.4 is 4.90 Å². The fourth-order valence-corrected chi connectivity index (χ4v) is 7.36. The van der Waals surface area contributed by atoms with E-state index in [1.165, 1.54) is 0 Å². The van der Waals surface area contributed by atoms with Gasteiger partial charge in [0.25, 0.3) is 0 Å². The quantitative estimate of drug-likeness (QED) is 0.730. The summed E-state index contributed by atoms with van der Waals surface area (Å²) >= 11 is 0. The van der Waals surface area contributed by atoms with Gasteiger partial charge < -0.3 is 4.90 Å². The fraction of sp³-hybridized carbons (Fsp3) is 0.600. The molecule has 5 heterocycles. The molecule has 0 aromatic carbocycles. The molecule has 2 aromatic heterocycles. The first kappa shape index (κ1) is 19.5. The number of piperidine rings is 2. The molecule has 0 radical (unpaired) electrons. The monoisotopic (exact) mass is 427 g/mol. The zero-order valence-corrected chi connectivity index (χ0v) is 17.8. The highest BCUT2D eigenvalue weighted by Gasteiger charge is 2.47. The van der Waals surface area contributed by atoms with Gasteiger partial charge in [0.15, 0.2) is 11.6 Å². The van der Waals surface area contributed by atoms with E-state index in [1.807, 2.05) is 13.2 Å². The van der Waals surface area contributed by atoms with E-state index >= 15 is 0 Å². The van der Waals surface area contributed by atoms with Crippen molar-refractivity contribution in [2.24, 2.45) is 7.05 Å². The molecule has 0 amide bonds. The Morgan fingerprint density at radius 3 is 2.50 bits per heavy atom. The van der Waals surface area contributed by atoms with Gasteiger partial charge in [0.1, 0.15) is 11.6 Å². The highest BCUT2D eigenvalue weighted by Crippen LogP contribution is 2.38. The first-order valence-corrected chi connectivity index (χ1v) is 12.0. The van der Waals surface area contributed by atoms with Crippen LogP contribution in [-0.4, -0.2) is 62.9 Å². The normalized spacial score (nSPS) is 25.0. The number of piperazine rings is 1. The van der Waals surface area contributed by atoms with E-state index in [0.29, 0.717) is 30.3 Å². The summed E-state index contributed by atoms with van der Waals surface area (Å²) in [6.45, 7) is 1.04. The first-order valence-electron chi connectivity index (χ1n) is 10.5. The lowest BCUT2D eigenvalue weighted by Crippen LogP contribution is -2.65. The zero-order chi connectivity index (χ0) is 20.9. The number of nitrogens with zero attached hydrogens (tertiary/aromatic N) is 7. The van der Waals surface area contributed by atoms with E-state index in [2.05, 4.69) is 21.1 Å². The summed E-state index contributed by atoms with van der Waals surface area (Å²) in [5.41, 5.74) is 1.20. The summed E-state index contributed by atoms with van der Waals surface area (Å²) < 4.78 is 29.8. The van der Waals surface area contributed by atoms with Crippen LogP contribution in [0, 0.1) is 11.3 Å². The average molecular weight is 428 g/mol. The van der Waals surface area contributed by atoms with Gasteiger partial charge in [-0.15, -0.1) is 0 Å². The van der Waals surface area contributed by atoms with Gasteiger partial charge in [0.05, 0.1) is 23.2 Å². The second-order valence-corrected chi connectivity index (χ2v) is 10.7. The van der Waals surface area contributed by atoms with E-state index in [9.17, 15) is 13.7 Å². The van der Waals surface area contributed by atoms with Crippen LogP contribution in [-0.2, 0) is 17.1 Å². The van der Waals surface area contributed by atoms with Gasteiger partial charge in [0.2, 0.25) is 10.0 Å². The van der Waals surface area contributed by atoms with Crippen molar-refractivity contribution in [2.45, 2.75) is 55.9 Å². The maximum atomic E-state index is 13.2. The molecule has 3 aliphatic heterocycles. The lowest BCUT2D eigenvalue weighted by atomic mass is 9.92. The van der Waals surface area contributed by atoms with E-state index in [-0.39, 0.29) is 17.3 Å². The Balaban J connectivity index is 1.45. The fourth-order valence-electron chi connectivity index (χ4n) is 5.08. The summed E-state index contributed by atoms with van der Waals surface area (Å²) in [7, 11) is -1.43. The summed E-state index contributed by atoms with van der Waals surface area (Å²) in [6.07, 6.45) is 10.4. The molecular weight excluding hydrogens is 402 g/mol. The Kier molecular flexibility index (Phi) is 4.75. The summed E-state index contributed by atoms with van der Waals surface area (Å²) in [4.78, 5) is 11.2. The number of nitriles is 1. The number of hydrogen-bond donors (Lipinski definition) is 0. The second kappa shape index (κ2) is 7.32. The van der Waals surface area contributed by atoms with Crippen molar-refractivity contribution in [3.63, 3.8) is 0 Å². The van der Waals surface area contributed by atoms with Crippen LogP contribution in [0.15, 0.2) is 18.6 Å². The molecule has 3 saturated heterocycles. The lowest BCUT2D eigenvalue weighted by Gasteiger charge is -2.51. The molecule has 2 bridgehead atoms. The number of hydrogen-bond acceptors (Lipinski definition) is 7. The number of anilines is 1. The number of aromatic nitrogens is 4. The maximum absolute atomic E-state index is 13.2. The van der Waals surface area contributed by atoms with Crippen molar-refractivity contribution in [1.29, 1.82) is 5.26 Å². The molecular formula is C20H25N7O2S. The molecule has 9 nitrogen and oxygen atoms in total. The van der Waals surface area contributed by atoms with Crippen molar-refractivity contribution in [1.82, 2.24) is 24.1 Å². The molecule has 0 spiro atoms. The molecule has 30 heavy (non-hydrogen) atoms. The number of rotatable bonds is 4. The molecule has 4 fully saturated rings. The van der Waals surface area contributed by atoms with E-state index < -0.39 is 10.0 Å². The van der Waals surface area contributed by atoms with Crippen molar-refractivity contribution in [2.75, 3.05) is 18.0 Å². The van der Waals surface area contributed by atoms with Crippen LogP contribution in [0.3, 0.4) is 0 Å². The van der Waals surface area contributed by atoms with Crippen molar-refractivity contribution in [3.8, 4) is 17.5 Å². The predicted molar refractivity (Wildman–Crippen MR) is 111 cm³/mol. The lowest BCUT2D eigenvalue weighted by molar-refractivity contribution is 0.177. The number of aryl methyl sites for hydroxylation is 1. The largest absolute Gasteiger partial charge is 0.349 e. The molecule has 4 aliphatic rings. The Morgan fingerprint density at radius 2 is 1.87 bits per heavy atom. The number of fused-ring (bicyclic) bond motifs is 3. The van der Waals surface area contributed by atoms with Gasteiger partial charge in [-0.3, -0.25) is 4.68 Å². The van der Waals surface area contributed by atoms with Crippen molar-refractivity contribution >= 4 is 15.8 Å². The van der Waals surface area contributed by atoms with Crippen LogP contribution in [0.5, 0.6) is 0 Å². The molecule has 158 valence electrons. The topological polar surface area (TPSA) is 108 Å². The van der Waals surface area contributed by atoms with Gasteiger partial charge >= 0.3 is 0 Å². The summed E-state index contributed by atoms with van der Waals surface area (Å²) in [6, 6.07) is 2.16. The van der Waals surface area contributed by atoms with E-state index in [4.69, 9.17) is 4.98 Å². The third-order valence-corrected chi connectivity index (χ3v) is 9.07. The van der Waals surface area contributed by atoms with Gasteiger partial charge in [0, 0.05) is 38.4 Å². The SMILES string of the molecule is Cn1cc(-c2ncc(C#N)c(N3C[C@@H]4CC[C@H]3CN4S(=O)(=O)C3CCCC3)n2)cn1. The Hall–Kier alpha value is -2.51. The zero-order valence-electron chi connectivity index (χ0n) is 17.0. The molecule has 10 heteroatoms. The maximum Gasteiger partial charge on any atom is 0.217 e. The molecule has 0 unspecified atom stereocenters. The second-order valence-electron chi connectivity index (χ2n) is 8.50. The van der Waals surface area contributed by atoms with Crippen molar-refractivity contribution in [3.05, 3.63) is 24.2 Å². The summed E-state index contributed by atoms with van der Waals surface area (Å²) in [5, 5.41) is 13.6. The summed E-state index contributed by atoms with van der Waals surface area (Å²) in [5.74, 6) is 1.12. The standard InChI is InChI=1S/C20H25N7O2S/c1-25-11-15(10-23-25)19-22-9-14(8-21)20(24-19)26-12-17-7-6-16(26)13-27(17)30(28,29)18-4-2-3-5-18/h9-11,16-18H,2-7,12-13H2,1H3/t16-,17-/m0/s1. The Labute approximate surface area is 176 Å². The first-order chi connectivity index (χ1) is 14.5. The smallest absolute Gasteiger partial charge is 0.217 e. The molecule has 1 aliphatic carbocycles. The molecule has 0 N–H and O–H groups in total. The Morgan fingerprint density at radius 1 is 1.10 bits per heavy atom. The molecule has 2 atom stereocenters. The molecule has 2 aromatic rings. The van der Waals surface area contributed by atoms with Gasteiger partial charge in [-0.1, -0.05) is 12.8 Å². The third-order valence-electron chi connectivity index (χ3n) is 6.65. The highest BCUT2D eigenvalue weighted by molar-refractivity contribution is 7.89. The van der Waals surface area contributed by atoms with E-state index in [1.54, 1.807) is 21.4 Å². The van der Waals surface area contributed by atoms with Gasteiger partial charge in [-0.2, -0.15) is 14.7 Å². The van der Waals surface area contributed by atoms with Gasteiger partial charge in [-0.05, 0) is 25.7 Å². The minimum atomic E-state index is -3.26. The van der Waals surface area contributed by atoms with Crippen molar-refractivity contribution < 1.29 is 8.42 Å². The average Bonchev–Trinajstić information content (AvgIpc) is 3.46. The predicted octanol–water partition coefficient (Wildman–Crippen LogP) is 1.67.